The lowest BCUT2D eigenvalue weighted by Gasteiger charge is -2.34. The third-order valence-corrected chi connectivity index (χ3v) is 6.14. The lowest BCUT2D eigenvalue weighted by Crippen LogP contribution is -2.36. The van der Waals surface area contributed by atoms with Crippen molar-refractivity contribution in [2.75, 3.05) is 17.3 Å². The van der Waals surface area contributed by atoms with Gasteiger partial charge >= 0.3 is 0 Å². The third kappa shape index (κ3) is 8.07. The van der Waals surface area contributed by atoms with E-state index in [0.717, 1.165) is 0 Å². The van der Waals surface area contributed by atoms with Gasteiger partial charge in [-0.05, 0) is 37.0 Å². The van der Waals surface area contributed by atoms with Crippen LogP contribution >= 0.6 is 0 Å². The molecule has 1 saturated carbocycles. The summed E-state index contributed by atoms with van der Waals surface area (Å²) in [7, 11) is -12.9. The highest BCUT2D eigenvalue weighted by atomic mass is 32.2. The minimum Gasteiger partial charge on any atom is -0.286 e. The van der Waals surface area contributed by atoms with E-state index in [1.165, 1.54) is 0 Å². The molecule has 9 nitrogen and oxygen atoms in total. The highest BCUT2D eigenvalue weighted by Crippen LogP contribution is 2.36. The Labute approximate surface area is 124 Å². The average molecular weight is 366 g/mol. The van der Waals surface area contributed by atoms with Crippen LogP contribution in [0.25, 0.3) is 0 Å². The van der Waals surface area contributed by atoms with Crippen molar-refractivity contribution in [2.24, 2.45) is 17.8 Å². The molecule has 1 fully saturated rings. The molecule has 0 heterocycles. The molecule has 12 heteroatoms. The Morgan fingerprint density at radius 3 is 1.52 bits per heavy atom. The molecule has 0 radical (unpaired) electrons. The summed E-state index contributed by atoms with van der Waals surface area (Å²) < 4.78 is 92.1. The quantitative estimate of drug-likeness (QED) is 0.534. The topological polar surface area (TPSA) is 163 Å². The molecular formula is C9H18O9S3. The molecule has 0 aliphatic heterocycles. The van der Waals surface area contributed by atoms with Gasteiger partial charge in [-0.3, -0.25) is 13.7 Å². The molecule has 0 amide bonds. The lowest BCUT2D eigenvalue weighted by molar-refractivity contribution is 0.218. The molecule has 0 unspecified atom stereocenters. The molecule has 21 heavy (non-hydrogen) atoms. The Balaban J connectivity index is 2.88. The highest BCUT2D eigenvalue weighted by molar-refractivity contribution is 7.86. The van der Waals surface area contributed by atoms with Crippen molar-refractivity contribution >= 4 is 30.4 Å². The summed E-state index contributed by atoms with van der Waals surface area (Å²) in [6.07, 6.45) is 0.488. The monoisotopic (exact) mass is 366 g/mol. The maximum atomic E-state index is 11.0. The zero-order valence-electron chi connectivity index (χ0n) is 11.0. The molecule has 0 saturated heterocycles. The van der Waals surface area contributed by atoms with Crippen LogP contribution in [-0.2, 0) is 30.4 Å². The molecular weight excluding hydrogens is 348 g/mol. The highest BCUT2D eigenvalue weighted by Gasteiger charge is 2.36. The maximum Gasteiger partial charge on any atom is 0.265 e. The minimum atomic E-state index is -4.37. The van der Waals surface area contributed by atoms with Crippen LogP contribution in [-0.4, -0.2) is 56.2 Å². The number of rotatable bonds is 6. The van der Waals surface area contributed by atoms with E-state index >= 15 is 0 Å². The van der Waals surface area contributed by atoms with Crippen molar-refractivity contribution in [3.05, 3.63) is 0 Å². The molecule has 3 N–H and O–H groups in total. The Bertz CT molecular complexity index is 661. The van der Waals surface area contributed by atoms with E-state index in [4.69, 9.17) is 13.7 Å². The predicted molar refractivity (Wildman–Crippen MR) is 73.6 cm³/mol. The first-order chi connectivity index (χ1) is 9.25. The second-order valence-corrected chi connectivity index (χ2v) is 9.94. The van der Waals surface area contributed by atoms with E-state index < -0.39 is 65.4 Å². The summed E-state index contributed by atoms with van der Waals surface area (Å²) in [5.41, 5.74) is 0. The van der Waals surface area contributed by atoms with Gasteiger partial charge in [0.2, 0.25) is 0 Å². The molecule has 0 bridgehead atoms. The second-order valence-electron chi connectivity index (χ2n) is 5.44. The number of hydrogen-bond acceptors (Lipinski definition) is 6. The van der Waals surface area contributed by atoms with Crippen molar-refractivity contribution < 1.29 is 38.9 Å². The van der Waals surface area contributed by atoms with Gasteiger partial charge in [-0.25, -0.2) is 0 Å². The zero-order chi connectivity index (χ0) is 16.5. The van der Waals surface area contributed by atoms with Gasteiger partial charge in [-0.15, -0.1) is 0 Å². The SMILES string of the molecule is O=S(=O)(O)C[C@H]1CC[C@@H](CS(=O)(=O)O)[C@H](CS(=O)(=O)O)C1. The van der Waals surface area contributed by atoms with Crippen LogP contribution in [0.4, 0.5) is 0 Å². The van der Waals surface area contributed by atoms with Gasteiger partial charge in [0.1, 0.15) is 0 Å². The Hall–Kier alpha value is -0.270. The Kier molecular flexibility index (Phi) is 5.78. The molecule has 0 aromatic heterocycles. The summed E-state index contributed by atoms with van der Waals surface area (Å²) in [5, 5.41) is 0. The van der Waals surface area contributed by atoms with Crippen molar-refractivity contribution in [3.63, 3.8) is 0 Å². The molecule has 0 aromatic carbocycles. The fraction of sp³-hybridized carbons (Fsp3) is 1.00. The molecule has 126 valence electrons. The van der Waals surface area contributed by atoms with Gasteiger partial charge in [0.25, 0.3) is 30.4 Å². The molecule has 1 rings (SSSR count). The van der Waals surface area contributed by atoms with Crippen LogP contribution in [0.1, 0.15) is 19.3 Å². The summed E-state index contributed by atoms with van der Waals surface area (Å²) in [4.78, 5) is 0. The second kappa shape index (κ2) is 6.46. The van der Waals surface area contributed by atoms with Crippen LogP contribution in [0.3, 0.4) is 0 Å². The Morgan fingerprint density at radius 1 is 0.667 bits per heavy atom. The van der Waals surface area contributed by atoms with Crippen LogP contribution in [0.5, 0.6) is 0 Å². The summed E-state index contributed by atoms with van der Waals surface area (Å²) in [6, 6.07) is 0. The van der Waals surface area contributed by atoms with Crippen LogP contribution in [0.15, 0.2) is 0 Å². The fourth-order valence-electron chi connectivity index (χ4n) is 2.84. The van der Waals surface area contributed by atoms with E-state index in [2.05, 4.69) is 0 Å². The Morgan fingerprint density at radius 2 is 1.10 bits per heavy atom. The molecule has 1 aliphatic carbocycles. The summed E-state index contributed by atoms with van der Waals surface area (Å²) >= 11 is 0. The van der Waals surface area contributed by atoms with Gasteiger partial charge < -0.3 is 0 Å². The van der Waals surface area contributed by atoms with Crippen molar-refractivity contribution in [2.45, 2.75) is 19.3 Å². The summed E-state index contributed by atoms with van der Waals surface area (Å²) in [6.45, 7) is 0. The normalized spacial score (nSPS) is 28.4. The first kappa shape index (κ1) is 18.8. The minimum absolute atomic E-state index is 0.0275. The molecule has 1 aliphatic rings. The summed E-state index contributed by atoms with van der Waals surface area (Å²) in [5.74, 6) is -3.93. The van der Waals surface area contributed by atoms with Gasteiger partial charge in [-0.1, -0.05) is 0 Å². The zero-order valence-corrected chi connectivity index (χ0v) is 13.4. The standard InChI is InChI=1S/C9H18O9S3/c10-19(11,12)4-7-1-2-8(5-20(13,14)15)9(3-7)6-21(16,17)18/h7-9H,1-6H2,(H,10,11,12)(H,13,14,15)(H,16,17,18)/t7-,8-,9-/m0/s1. The fourth-order valence-corrected chi connectivity index (χ4v) is 5.67. The molecule has 0 aromatic rings. The predicted octanol–water partition coefficient (Wildman–Crippen LogP) is -0.318. The van der Waals surface area contributed by atoms with Gasteiger partial charge in [0.05, 0.1) is 17.3 Å². The largest absolute Gasteiger partial charge is 0.286 e. The van der Waals surface area contributed by atoms with E-state index in [1.807, 2.05) is 0 Å². The lowest BCUT2D eigenvalue weighted by atomic mass is 9.76. The van der Waals surface area contributed by atoms with Gasteiger partial charge in [0, 0.05) is 0 Å². The smallest absolute Gasteiger partial charge is 0.265 e. The first-order valence-electron chi connectivity index (χ1n) is 6.10. The van der Waals surface area contributed by atoms with E-state index in [1.54, 1.807) is 0 Å². The van der Waals surface area contributed by atoms with E-state index in [9.17, 15) is 25.3 Å². The van der Waals surface area contributed by atoms with Crippen LogP contribution < -0.4 is 0 Å². The molecule has 0 spiro atoms. The number of hydrogen-bond donors (Lipinski definition) is 3. The maximum absolute atomic E-state index is 11.0. The van der Waals surface area contributed by atoms with Crippen molar-refractivity contribution in [3.8, 4) is 0 Å². The van der Waals surface area contributed by atoms with Crippen molar-refractivity contribution in [1.29, 1.82) is 0 Å². The van der Waals surface area contributed by atoms with Crippen LogP contribution in [0, 0.1) is 17.8 Å². The van der Waals surface area contributed by atoms with E-state index in [-0.39, 0.29) is 19.3 Å². The van der Waals surface area contributed by atoms with Crippen molar-refractivity contribution in [1.82, 2.24) is 0 Å². The molecule has 3 atom stereocenters. The van der Waals surface area contributed by atoms with Crippen LogP contribution in [0.2, 0.25) is 0 Å². The average Bonchev–Trinajstić information content (AvgIpc) is 2.15. The van der Waals surface area contributed by atoms with Gasteiger partial charge in [0.15, 0.2) is 0 Å². The van der Waals surface area contributed by atoms with E-state index in [0.29, 0.717) is 0 Å². The first-order valence-corrected chi connectivity index (χ1v) is 10.9. The van der Waals surface area contributed by atoms with Gasteiger partial charge in [-0.2, -0.15) is 25.3 Å². The third-order valence-electron chi connectivity index (χ3n) is 3.54.